The normalized spacial score (nSPS) is 22.8. The predicted octanol–water partition coefficient (Wildman–Crippen LogP) is 0.962. The fourth-order valence-electron chi connectivity index (χ4n) is 1.87. The molecule has 1 aliphatic heterocycles. The molecule has 1 aliphatic rings. The molecule has 4 nitrogen and oxygen atoms in total. The van der Waals surface area contributed by atoms with Gasteiger partial charge in [-0.2, -0.15) is 0 Å². The molecule has 0 radical (unpaired) electrons. The van der Waals surface area contributed by atoms with Crippen molar-refractivity contribution >= 4 is 5.97 Å². The Morgan fingerprint density at radius 1 is 1.64 bits per heavy atom. The van der Waals surface area contributed by atoms with E-state index in [0.717, 1.165) is 32.6 Å². The third kappa shape index (κ3) is 3.64. The molecule has 1 heterocycles. The highest BCUT2D eigenvalue weighted by molar-refractivity contribution is 5.66. The Morgan fingerprint density at radius 3 is 3.07 bits per heavy atom. The van der Waals surface area contributed by atoms with Gasteiger partial charge in [0.2, 0.25) is 0 Å². The molecule has 0 aromatic carbocycles. The van der Waals surface area contributed by atoms with Gasteiger partial charge < -0.3 is 9.84 Å². The van der Waals surface area contributed by atoms with Crippen LogP contribution in [-0.2, 0) is 9.53 Å². The summed E-state index contributed by atoms with van der Waals surface area (Å²) in [7, 11) is 0. The van der Waals surface area contributed by atoms with Crippen LogP contribution in [0.15, 0.2) is 0 Å². The van der Waals surface area contributed by atoms with Gasteiger partial charge in [-0.05, 0) is 26.3 Å². The number of ether oxygens (including phenoxy) is 1. The van der Waals surface area contributed by atoms with Crippen LogP contribution >= 0.6 is 0 Å². The Bertz CT molecular complexity index is 184. The van der Waals surface area contributed by atoms with E-state index in [4.69, 9.17) is 9.84 Å². The first-order valence-electron chi connectivity index (χ1n) is 5.27. The molecule has 4 heteroatoms. The van der Waals surface area contributed by atoms with E-state index in [1.165, 1.54) is 0 Å². The number of likely N-dealkylation sites (tertiary alicyclic amines) is 1. The van der Waals surface area contributed by atoms with Crippen LogP contribution in [0, 0.1) is 0 Å². The summed E-state index contributed by atoms with van der Waals surface area (Å²) >= 11 is 0. The third-order valence-electron chi connectivity index (χ3n) is 2.63. The highest BCUT2D eigenvalue weighted by atomic mass is 16.5. The van der Waals surface area contributed by atoms with Crippen molar-refractivity contribution in [2.75, 3.05) is 26.3 Å². The average Bonchev–Trinajstić information content (AvgIpc) is 2.58. The lowest BCUT2D eigenvalue weighted by Crippen LogP contribution is -2.34. The second-order valence-electron chi connectivity index (χ2n) is 3.64. The molecule has 0 saturated carbocycles. The lowest BCUT2D eigenvalue weighted by atomic mass is 10.2. The Balaban J connectivity index is 2.24. The fraction of sp³-hybridized carbons (Fsp3) is 0.900. The molecular formula is C10H19NO3. The standard InChI is InChI=1S/C10H19NO3/c1-2-14-8-9-4-3-6-11(9)7-5-10(12)13/h9H,2-8H2,1H3,(H,12,13)/t9-/m1/s1. The molecule has 0 bridgehead atoms. The van der Waals surface area contributed by atoms with Crippen LogP contribution < -0.4 is 0 Å². The van der Waals surface area contributed by atoms with Crippen molar-refractivity contribution in [3.63, 3.8) is 0 Å². The van der Waals surface area contributed by atoms with Gasteiger partial charge in [-0.25, -0.2) is 0 Å². The minimum Gasteiger partial charge on any atom is -0.481 e. The van der Waals surface area contributed by atoms with Crippen LogP contribution in [0.25, 0.3) is 0 Å². The lowest BCUT2D eigenvalue weighted by Gasteiger charge is -2.23. The van der Waals surface area contributed by atoms with E-state index in [1.807, 2.05) is 6.92 Å². The van der Waals surface area contributed by atoms with E-state index >= 15 is 0 Å². The molecule has 0 amide bonds. The number of aliphatic carboxylic acids is 1. The number of rotatable bonds is 6. The monoisotopic (exact) mass is 201 g/mol. The first kappa shape index (κ1) is 11.5. The summed E-state index contributed by atoms with van der Waals surface area (Å²) in [6.45, 7) is 5.15. The number of hydrogen-bond acceptors (Lipinski definition) is 3. The second-order valence-corrected chi connectivity index (χ2v) is 3.64. The summed E-state index contributed by atoms with van der Waals surface area (Å²) in [5.41, 5.74) is 0. The van der Waals surface area contributed by atoms with Crippen molar-refractivity contribution in [2.24, 2.45) is 0 Å². The van der Waals surface area contributed by atoms with Gasteiger partial charge in [-0.3, -0.25) is 9.69 Å². The fourth-order valence-corrected chi connectivity index (χ4v) is 1.87. The minimum absolute atomic E-state index is 0.239. The molecule has 1 saturated heterocycles. The largest absolute Gasteiger partial charge is 0.481 e. The van der Waals surface area contributed by atoms with Crippen molar-refractivity contribution in [3.05, 3.63) is 0 Å². The maximum Gasteiger partial charge on any atom is 0.304 e. The molecular weight excluding hydrogens is 182 g/mol. The van der Waals surface area contributed by atoms with Crippen molar-refractivity contribution in [1.29, 1.82) is 0 Å². The van der Waals surface area contributed by atoms with Gasteiger partial charge in [-0.1, -0.05) is 0 Å². The highest BCUT2D eigenvalue weighted by Crippen LogP contribution is 2.17. The number of carboxylic acid groups (broad SMARTS) is 1. The summed E-state index contributed by atoms with van der Waals surface area (Å²) in [4.78, 5) is 12.6. The van der Waals surface area contributed by atoms with Crippen LogP contribution in [0.5, 0.6) is 0 Å². The average molecular weight is 201 g/mol. The van der Waals surface area contributed by atoms with E-state index < -0.39 is 5.97 Å². The van der Waals surface area contributed by atoms with Gasteiger partial charge in [-0.15, -0.1) is 0 Å². The van der Waals surface area contributed by atoms with E-state index in [-0.39, 0.29) is 6.42 Å². The molecule has 82 valence electrons. The van der Waals surface area contributed by atoms with Gasteiger partial charge in [0.15, 0.2) is 0 Å². The van der Waals surface area contributed by atoms with Crippen LogP contribution in [0.4, 0.5) is 0 Å². The van der Waals surface area contributed by atoms with E-state index in [1.54, 1.807) is 0 Å². The van der Waals surface area contributed by atoms with Gasteiger partial charge in [0.05, 0.1) is 13.0 Å². The predicted molar refractivity (Wildman–Crippen MR) is 53.3 cm³/mol. The van der Waals surface area contributed by atoms with Gasteiger partial charge in [0.1, 0.15) is 0 Å². The van der Waals surface area contributed by atoms with E-state index in [2.05, 4.69) is 4.90 Å². The maximum atomic E-state index is 10.4. The molecule has 0 spiro atoms. The molecule has 0 unspecified atom stereocenters. The zero-order valence-corrected chi connectivity index (χ0v) is 8.74. The first-order valence-corrected chi connectivity index (χ1v) is 5.27. The summed E-state index contributed by atoms with van der Waals surface area (Å²) in [5.74, 6) is -0.716. The van der Waals surface area contributed by atoms with E-state index in [0.29, 0.717) is 12.6 Å². The zero-order valence-electron chi connectivity index (χ0n) is 8.74. The topological polar surface area (TPSA) is 49.8 Å². The molecule has 0 aliphatic carbocycles. The zero-order chi connectivity index (χ0) is 10.4. The lowest BCUT2D eigenvalue weighted by molar-refractivity contribution is -0.137. The second kappa shape index (κ2) is 5.98. The number of carboxylic acids is 1. The molecule has 0 aromatic rings. The SMILES string of the molecule is CCOC[C@H]1CCCN1CCC(=O)O. The number of nitrogens with zero attached hydrogens (tertiary/aromatic N) is 1. The van der Waals surface area contributed by atoms with Crippen molar-refractivity contribution in [3.8, 4) is 0 Å². The third-order valence-corrected chi connectivity index (χ3v) is 2.63. The molecule has 1 fully saturated rings. The summed E-state index contributed by atoms with van der Waals surface area (Å²) in [5, 5.41) is 8.58. The quantitative estimate of drug-likeness (QED) is 0.695. The Labute approximate surface area is 84.8 Å². The smallest absolute Gasteiger partial charge is 0.304 e. The number of carbonyl (C=O) groups is 1. The van der Waals surface area contributed by atoms with Gasteiger partial charge in [0, 0.05) is 19.2 Å². The number of hydrogen-bond donors (Lipinski definition) is 1. The minimum atomic E-state index is -0.716. The molecule has 0 aromatic heterocycles. The van der Waals surface area contributed by atoms with Crippen molar-refractivity contribution in [1.82, 2.24) is 4.90 Å². The van der Waals surface area contributed by atoms with E-state index in [9.17, 15) is 4.79 Å². The van der Waals surface area contributed by atoms with Crippen molar-refractivity contribution in [2.45, 2.75) is 32.2 Å². The Hall–Kier alpha value is -0.610. The van der Waals surface area contributed by atoms with Gasteiger partial charge in [0.25, 0.3) is 0 Å². The molecule has 14 heavy (non-hydrogen) atoms. The van der Waals surface area contributed by atoms with Crippen LogP contribution in [0.1, 0.15) is 26.2 Å². The molecule has 1 rings (SSSR count). The summed E-state index contributed by atoms with van der Waals surface area (Å²) in [6, 6.07) is 0.439. The van der Waals surface area contributed by atoms with Crippen molar-refractivity contribution < 1.29 is 14.6 Å². The molecule has 1 N–H and O–H groups in total. The van der Waals surface area contributed by atoms with Crippen LogP contribution in [0.2, 0.25) is 0 Å². The molecule has 1 atom stereocenters. The summed E-state index contributed by atoms with van der Waals surface area (Å²) in [6.07, 6.45) is 2.54. The maximum absolute atomic E-state index is 10.4. The Morgan fingerprint density at radius 2 is 2.43 bits per heavy atom. The first-order chi connectivity index (χ1) is 6.74. The van der Waals surface area contributed by atoms with Crippen LogP contribution in [0.3, 0.4) is 0 Å². The highest BCUT2D eigenvalue weighted by Gasteiger charge is 2.24. The van der Waals surface area contributed by atoms with Gasteiger partial charge >= 0.3 is 5.97 Å². The van der Waals surface area contributed by atoms with Crippen LogP contribution in [-0.4, -0.2) is 48.3 Å². The Kier molecular flexibility index (Phi) is 4.90. The summed E-state index contributed by atoms with van der Waals surface area (Å²) < 4.78 is 5.37.